The van der Waals surface area contributed by atoms with Crippen molar-refractivity contribution >= 4 is 34.9 Å². The van der Waals surface area contributed by atoms with Gasteiger partial charge in [0.2, 0.25) is 0 Å². The Kier molecular flexibility index (Phi) is 6.10. The standard InChI is InChI=1S/C4H8S2.C4H4S/c1-2-6-4-3-5-1;1-2-4-5-3-1/h1-4H2;1-4H. The van der Waals surface area contributed by atoms with Crippen LogP contribution in [0.3, 0.4) is 0 Å². The van der Waals surface area contributed by atoms with Crippen molar-refractivity contribution in [1.82, 2.24) is 0 Å². The van der Waals surface area contributed by atoms with Gasteiger partial charge in [-0.25, -0.2) is 0 Å². The third-order valence-electron chi connectivity index (χ3n) is 1.17. The van der Waals surface area contributed by atoms with E-state index in [0.717, 1.165) is 0 Å². The number of thioether (sulfide) groups is 2. The highest BCUT2D eigenvalue weighted by molar-refractivity contribution is 8.06. The number of hydrogen-bond acceptors (Lipinski definition) is 3. The molecule has 0 unspecified atom stereocenters. The fourth-order valence-electron chi connectivity index (χ4n) is 0.667. The summed E-state index contributed by atoms with van der Waals surface area (Å²) >= 11 is 5.86. The maximum atomic E-state index is 2.07. The van der Waals surface area contributed by atoms with Crippen LogP contribution in [-0.2, 0) is 0 Å². The van der Waals surface area contributed by atoms with Crippen molar-refractivity contribution in [1.29, 1.82) is 0 Å². The summed E-state index contributed by atoms with van der Waals surface area (Å²) in [6, 6.07) is 4.04. The molecular weight excluding hydrogens is 192 g/mol. The largest absolute Gasteiger partial charge is 0.160 e. The Morgan fingerprint density at radius 2 is 1.18 bits per heavy atom. The van der Waals surface area contributed by atoms with Crippen LogP contribution in [0.1, 0.15) is 0 Å². The van der Waals surface area contributed by atoms with E-state index in [1.165, 1.54) is 23.0 Å². The monoisotopic (exact) mass is 204 g/mol. The van der Waals surface area contributed by atoms with E-state index in [-0.39, 0.29) is 0 Å². The summed E-state index contributed by atoms with van der Waals surface area (Å²) < 4.78 is 0. The molecule has 0 radical (unpaired) electrons. The zero-order valence-electron chi connectivity index (χ0n) is 6.36. The molecule has 2 heterocycles. The van der Waals surface area contributed by atoms with Crippen LogP contribution in [0, 0.1) is 0 Å². The molecule has 0 aromatic carbocycles. The van der Waals surface area contributed by atoms with Crippen molar-refractivity contribution in [3.8, 4) is 0 Å². The first-order valence-corrected chi connectivity index (χ1v) is 6.88. The molecule has 1 aromatic heterocycles. The Morgan fingerprint density at radius 1 is 0.727 bits per heavy atom. The van der Waals surface area contributed by atoms with Crippen LogP contribution >= 0.6 is 34.9 Å². The van der Waals surface area contributed by atoms with Gasteiger partial charge in [-0.15, -0.1) is 0 Å². The second-order valence-corrected chi connectivity index (χ2v) is 5.28. The van der Waals surface area contributed by atoms with Crippen molar-refractivity contribution in [2.75, 3.05) is 23.0 Å². The molecule has 2 rings (SSSR count). The zero-order chi connectivity index (χ0) is 7.78. The lowest BCUT2D eigenvalue weighted by molar-refractivity contribution is 1.43. The average Bonchev–Trinajstić information content (AvgIpc) is 2.64. The predicted molar refractivity (Wildman–Crippen MR) is 59.0 cm³/mol. The van der Waals surface area contributed by atoms with Crippen molar-refractivity contribution < 1.29 is 0 Å². The van der Waals surface area contributed by atoms with E-state index in [1.807, 2.05) is 22.9 Å². The Balaban J connectivity index is 0.000000112. The molecular formula is C8H12S3. The van der Waals surface area contributed by atoms with E-state index >= 15 is 0 Å². The molecule has 0 saturated carbocycles. The maximum Gasteiger partial charge on any atom is 0.00238 e. The van der Waals surface area contributed by atoms with Gasteiger partial charge < -0.3 is 0 Å². The van der Waals surface area contributed by atoms with Crippen LogP contribution in [0.2, 0.25) is 0 Å². The molecule has 3 heteroatoms. The molecule has 0 atom stereocenters. The number of hydrogen-bond donors (Lipinski definition) is 0. The fourth-order valence-corrected chi connectivity index (χ4v) is 3.41. The molecule has 1 fully saturated rings. The maximum absolute atomic E-state index is 2.07. The van der Waals surface area contributed by atoms with Gasteiger partial charge in [-0.1, -0.05) is 12.1 Å². The van der Waals surface area contributed by atoms with E-state index < -0.39 is 0 Å². The zero-order valence-corrected chi connectivity index (χ0v) is 8.81. The molecule has 0 aliphatic carbocycles. The van der Waals surface area contributed by atoms with E-state index in [1.54, 1.807) is 11.3 Å². The van der Waals surface area contributed by atoms with Gasteiger partial charge in [-0.2, -0.15) is 34.9 Å². The van der Waals surface area contributed by atoms with E-state index in [2.05, 4.69) is 23.5 Å². The molecule has 0 spiro atoms. The lowest BCUT2D eigenvalue weighted by Gasteiger charge is -2.05. The van der Waals surface area contributed by atoms with Crippen LogP contribution in [0.5, 0.6) is 0 Å². The topological polar surface area (TPSA) is 0 Å². The lowest BCUT2D eigenvalue weighted by Crippen LogP contribution is -1.97. The minimum atomic E-state index is 1.38. The van der Waals surface area contributed by atoms with Crippen LogP contribution in [0.25, 0.3) is 0 Å². The van der Waals surface area contributed by atoms with Gasteiger partial charge >= 0.3 is 0 Å². The van der Waals surface area contributed by atoms with Gasteiger partial charge in [0.15, 0.2) is 0 Å². The normalized spacial score (nSPS) is 16.7. The van der Waals surface area contributed by atoms with Crippen LogP contribution in [0.15, 0.2) is 22.9 Å². The summed E-state index contributed by atoms with van der Waals surface area (Å²) in [7, 11) is 0. The summed E-state index contributed by atoms with van der Waals surface area (Å²) in [6.45, 7) is 0. The smallest absolute Gasteiger partial charge is 0.00238 e. The first-order chi connectivity index (χ1) is 5.50. The molecule has 0 amide bonds. The highest BCUT2D eigenvalue weighted by atomic mass is 32.2. The van der Waals surface area contributed by atoms with Crippen molar-refractivity contribution in [3.05, 3.63) is 22.9 Å². The highest BCUT2D eigenvalue weighted by Gasteiger charge is 1.95. The fraction of sp³-hybridized carbons (Fsp3) is 0.500. The number of rotatable bonds is 0. The summed E-state index contributed by atoms with van der Waals surface area (Å²) in [5, 5.41) is 4.08. The van der Waals surface area contributed by atoms with Gasteiger partial charge in [0.25, 0.3) is 0 Å². The van der Waals surface area contributed by atoms with Crippen molar-refractivity contribution in [2.24, 2.45) is 0 Å². The van der Waals surface area contributed by atoms with E-state index in [0.29, 0.717) is 0 Å². The number of thiophene rings is 1. The minimum Gasteiger partial charge on any atom is -0.160 e. The Morgan fingerprint density at radius 3 is 1.36 bits per heavy atom. The van der Waals surface area contributed by atoms with Gasteiger partial charge in [0.1, 0.15) is 0 Å². The Labute approximate surface area is 80.8 Å². The first-order valence-electron chi connectivity index (χ1n) is 3.63. The van der Waals surface area contributed by atoms with E-state index in [4.69, 9.17) is 0 Å². The highest BCUT2D eigenvalue weighted by Crippen LogP contribution is 2.14. The lowest BCUT2D eigenvalue weighted by atomic mass is 10.7. The average molecular weight is 204 g/mol. The van der Waals surface area contributed by atoms with Crippen LogP contribution in [0.4, 0.5) is 0 Å². The second kappa shape index (κ2) is 7.07. The first kappa shape index (κ1) is 9.49. The van der Waals surface area contributed by atoms with Crippen molar-refractivity contribution in [2.45, 2.75) is 0 Å². The predicted octanol–water partition coefficient (Wildman–Crippen LogP) is 3.21. The molecule has 1 aromatic rings. The molecule has 0 nitrogen and oxygen atoms in total. The Bertz CT molecular complexity index is 116. The third kappa shape index (κ3) is 5.65. The quantitative estimate of drug-likeness (QED) is 0.636. The van der Waals surface area contributed by atoms with E-state index in [9.17, 15) is 0 Å². The molecule has 1 saturated heterocycles. The molecule has 1 aliphatic rings. The summed E-state index contributed by atoms with van der Waals surface area (Å²) in [6.07, 6.45) is 0. The van der Waals surface area contributed by atoms with Gasteiger partial charge in [-0.05, 0) is 10.8 Å². The summed E-state index contributed by atoms with van der Waals surface area (Å²) in [4.78, 5) is 0. The third-order valence-corrected chi connectivity index (χ3v) is 4.29. The SMILES string of the molecule is C1CSCCS1.c1ccsc1. The van der Waals surface area contributed by atoms with Gasteiger partial charge in [0.05, 0.1) is 0 Å². The molecule has 11 heavy (non-hydrogen) atoms. The molecule has 0 N–H and O–H groups in total. The minimum absolute atomic E-state index is 1.38. The van der Waals surface area contributed by atoms with Crippen molar-refractivity contribution in [3.63, 3.8) is 0 Å². The van der Waals surface area contributed by atoms with Gasteiger partial charge in [-0.3, -0.25) is 0 Å². The summed E-state index contributed by atoms with van der Waals surface area (Å²) in [5.74, 6) is 5.52. The molecule has 62 valence electrons. The summed E-state index contributed by atoms with van der Waals surface area (Å²) in [5.41, 5.74) is 0. The molecule has 1 aliphatic heterocycles. The Hall–Kier alpha value is 0.400. The molecule has 0 bridgehead atoms. The van der Waals surface area contributed by atoms with Crippen LogP contribution < -0.4 is 0 Å². The second-order valence-electron chi connectivity index (χ2n) is 2.02. The van der Waals surface area contributed by atoms with Gasteiger partial charge in [0, 0.05) is 23.0 Å². The van der Waals surface area contributed by atoms with Crippen LogP contribution in [-0.4, -0.2) is 23.0 Å².